The second-order valence-electron chi connectivity index (χ2n) is 5.43. The average molecular weight is 269 g/mol. The number of hydrogen-bond acceptors (Lipinski definition) is 4. The number of hydrogen-bond donors (Lipinski definition) is 1. The van der Waals surface area contributed by atoms with Crippen LogP contribution < -0.4 is 5.32 Å². The molecule has 2 rings (SSSR count). The summed E-state index contributed by atoms with van der Waals surface area (Å²) < 4.78 is 5.71. The Morgan fingerprint density at radius 2 is 2.32 bits per heavy atom. The quantitative estimate of drug-likeness (QED) is 0.780. The van der Waals surface area contributed by atoms with Crippen molar-refractivity contribution in [2.24, 2.45) is 0 Å². The van der Waals surface area contributed by atoms with Crippen molar-refractivity contribution in [2.75, 3.05) is 45.9 Å². The van der Waals surface area contributed by atoms with Crippen molar-refractivity contribution in [1.82, 2.24) is 15.1 Å². The summed E-state index contributed by atoms with van der Waals surface area (Å²) in [5.74, 6) is 0.189. The lowest BCUT2D eigenvalue weighted by molar-refractivity contribution is -0.151. The molecule has 0 aliphatic carbocycles. The highest BCUT2D eigenvalue weighted by Gasteiger charge is 2.33. The maximum absolute atomic E-state index is 12.7. The Kier molecular flexibility index (Phi) is 5.60. The van der Waals surface area contributed by atoms with E-state index in [0.29, 0.717) is 12.6 Å². The maximum atomic E-state index is 12.7. The zero-order valence-corrected chi connectivity index (χ0v) is 12.2. The predicted molar refractivity (Wildman–Crippen MR) is 75.1 cm³/mol. The van der Waals surface area contributed by atoms with Crippen LogP contribution in [0.25, 0.3) is 0 Å². The molecule has 0 bridgehead atoms. The minimum absolute atomic E-state index is 0.189. The predicted octanol–water partition coefficient (Wildman–Crippen LogP) is 0.308. The Morgan fingerprint density at radius 1 is 1.47 bits per heavy atom. The van der Waals surface area contributed by atoms with Gasteiger partial charge < -0.3 is 15.0 Å². The van der Waals surface area contributed by atoms with E-state index in [2.05, 4.69) is 24.1 Å². The van der Waals surface area contributed by atoms with Gasteiger partial charge in [-0.25, -0.2) is 0 Å². The first-order valence-corrected chi connectivity index (χ1v) is 7.61. The highest BCUT2D eigenvalue weighted by Crippen LogP contribution is 2.15. The van der Waals surface area contributed by atoms with E-state index in [1.807, 2.05) is 4.90 Å². The standard InChI is InChI=1S/C14H27N3O2/c1-3-7-17(12-5-6-15-10-12)14(18)13-11-16(4-2)8-9-19-13/h12-13,15H,3-11H2,1-2H3. The van der Waals surface area contributed by atoms with E-state index in [0.717, 1.165) is 52.1 Å². The molecule has 19 heavy (non-hydrogen) atoms. The van der Waals surface area contributed by atoms with Gasteiger partial charge in [-0.1, -0.05) is 13.8 Å². The monoisotopic (exact) mass is 269 g/mol. The van der Waals surface area contributed by atoms with Gasteiger partial charge in [-0.2, -0.15) is 0 Å². The Bertz CT molecular complexity index is 292. The van der Waals surface area contributed by atoms with Crippen LogP contribution in [-0.2, 0) is 9.53 Å². The van der Waals surface area contributed by atoms with Crippen molar-refractivity contribution < 1.29 is 9.53 Å². The largest absolute Gasteiger partial charge is 0.366 e. The molecule has 0 aromatic carbocycles. The van der Waals surface area contributed by atoms with Crippen LogP contribution in [0.4, 0.5) is 0 Å². The summed E-state index contributed by atoms with van der Waals surface area (Å²) in [5, 5.41) is 3.34. The molecule has 2 fully saturated rings. The molecule has 2 unspecified atom stereocenters. The van der Waals surface area contributed by atoms with Crippen molar-refractivity contribution in [1.29, 1.82) is 0 Å². The lowest BCUT2D eigenvalue weighted by Crippen LogP contribution is -2.53. The summed E-state index contributed by atoms with van der Waals surface area (Å²) >= 11 is 0. The van der Waals surface area contributed by atoms with E-state index in [1.165, 1.54) is 0 Å². The molecule has 0 spiro atoms. The van der Waals surface area contributed by atoms with E-state index in [4.69, 9.17) is 4.74 Å². The van der Waals surface area contributed by atoms with Gasteiger partial charge in [-0.05, 0) is 25.9 Å². The number of nitrogens with zero attached hydrogens (tertiary/aromatic N) is 2. The number of ether oxygens (including phenoxy) is 1. The minimum atomic E-state index is -0.263. The van der Waals surface area contributed by atoms with E-state index >= 15 is 0 Å². The molecule has 5 nitrogen and oxygen atoms in total. The van der Waals surface area contributed by atoms with Crippen molar-refractivity contribution in [2.45, 2.75) is 38.8 Å². The van der Waals surface area contributed by atoms with Gasteiger partial charge in [-0.3, -0.25) is 9.69 Å². The summed E-state index contributed by atoms with van der Waals surface area (Å²) in [5.41, 5.74) is 0. The van der Waals surface area contributed by atoms with Gasteiger partial charge in [0.1, 0.15) is 6.10 Å². The summed E-state index contributed by atoms with van der Waals surface area (Å²) in [7, 11) is 0. The molecule has 0 radical (unpaired) electrons. The molecule has 1 N–H and O–H groups in total. The molecular formula is C14H27N3O2. The molecule has 2 heterocycles. The van der Waals surface area contributed by atoms with E-state index < -0.39 is 0 Å². The molecule has 5 heteroatoms. The van der Waals surface area contributed by atoms with Gasteiger partial charge in [0.25, 0.3) is 5.91 Å². The van der Waals surface area contributed by atoms with Crippen LogP contribution in [0.3, 0.4) is 0 Å². The van der Waals surface area contributed by atoms with Crippen molar-refractivity contribution in [3.8, 4) is 0 Å². The molecule has 0 aromatic heterocycles. The lowest BCUT2D eigenvalue weighted by atomic mass is 10.1. The molecule has 1 amide bonds. The van der Waals surface area contributed by atoms with Gasteiger partial charge in [0.15, 0.2) is 0 Å². The van der Waals surface area contributed by atoms with E-state index in [9.17, 15) is 4.79 Å². The number of morpholine rings is 1. The van der Waals surface area contributed by atoms with Gasteiger partial charge >= 0.3 is 0 Å². The zero-order chi connectivity index (χ0) is 13.7. The number of carbonyl (C=O) groups is 1. The minimum Gasteiger partial charge on any atom is -0.366 e. The average Bonchev–Trinajstić information content (AvgIpc) is 2.98. The molecule has 2 aliphatic heterocycles. The molecular weight excluding hydrogens is 242 g/mol. The Balaban J connectivity index is 1.97. The summed E-state index contributed by atoms with van der Waals surface area (Å²) in [6.07, 6.45) is 1.81. The molecule has 0 saturated carbocycles. The fourth-order valence-corrected chi connectivity index (χ4v) is 2.94. The van der Waals surface area contributed by atoms with Crippen LogP contribution in [0, 0.1) is 0 Å². The highest BCUT2D eigenvalue weighted by molar-refractivity contribution is 5.81. The van der Waals surface area contributed by atoms with Crippen LogP contribution in [0.1, 0.15) is 26.7 Å². The molecule has 2 saturated heterocycles. The van der Waals surface area contributed by atoms with Crippen LogP contribution >= 0.6 is 0 Å². The topological polar surface area (TPSA) is 44.8 Å². The Hall–Kier alpha value is -0.650. The molecule has 0 aromatic rings. The first-order chi connectivity index (χ1) is 9.26. The molecule has 2 aliphatic rings. The molecule has 110 valence electrons. The second kappa shape index (κ2) is 7.22. The normalized spacial score (nSPS) is 28.5. The zero-order valence-electron chi connectivity index (χ0n) is 12.2. The second-order valence-corrected chi connectivity index (χ2v) is 5.43. The van der Waals surface area contributed by atoms with Gasteiger partial charge in [0.2, 0.25) is 0 Å². The van der Waals surface area contributed by atoms with Gasteiger partial charge in [-0.15, -0.1) is 0 Å². The van der Waals surface area contributed by atoms with Crippen LogP contribution in [0.5, 0.6) is 0 Å². The van der Waals surface area contributed by atoms with Crippen molar-refractivity contribution >= 4 is 5.91 Å². The first kappa shape index (κ1) is 14.8. The number of likely N-dealkylation sites (N-methyl/N-ethyl adjacent to an activating group) is 1. The SMILES string of the molecule is CCCN(C(=O)C1CN(CC)CCO1)C1CCNC1. The summed E-state index contributed by atoms with van der Waals surface area (Å²) in [4.78, 5) is 17.0. The molecule has 2 atom stereocenters. The third-order valence-electron chi connectivity index (χ3n) is 4.10. The van der Waals surface area contributed by atoms with Gasteiger partial charge in [0.05, 0.1) is 6.61 Å². The van der Waals surface area contributed by atoms with Crippen molar-refractivity contribution in [3.63, 3.8) is 0 Å². The maximum Gasteiger partial charge on any atom is 0.253 e. The lowest BCUT2D eigenvalue weighted by Gasteiger charge is -2.36. The highest BCUT2D eigenvalue weighted by atomic mass is 16.5. The number of amides is 1. The third kappa shape index (κ3) is 3.68. The summed E-state index contributed by atoms with van der Waals surface area (Å²) in [6.45, 7) is 10.4. The fraction of sp³-hybridized carbons (Fsp3) is 0.929. The van der Waals surface area contributed by atoms with Crippen LogP contribution in [0.15, 0.2) is 0 Å². The summed E-state index contributed by atoms with van der Waals surface area (Å²) in [6, 6.07) is 0.355. The smallest absolute Gasteiger partial charge is 0.253 e. The van der Waals surface area contributed by atoms with Crippen molar-refractivity contribution in [3.05, 3.63) is 0 Å². The van der Waals surface area contributed by atoms with Crippen LogP contribution in [0.2, 0.25) is 0 Å². The number of nitrogens with one attached hydrogen (secondary N) is 1. The van der Waals surface area contributed by atoms with E-state index in [1.54, 1.807) is 0 Å². The number of rotatable bonds is 5. The Morgan fingerprint density at radius 3 is 2.95 bits per heavy atom. The van der Waals surface area contributed by atoms with E-state index in [-0.39, 0.29) is 12.0 Å². The number of carbonyl (C=O) groups excluding carboxylic acids is 1. The third-order valence-corrected chi connectivity index (χ3v) is 4.10. The first-order valence-electron chi connectivity index (χ1n) is 7.61. The Labute approximate surface area is 116 Å². The fourth-order valence-electron chi connectivity index (χ4n) is 2.94. The van der Waals surface area contributed by atoms with Gasteiger partial charge in [0, 0.05) is 32.2 Å². The van der Waals surface area contributed by atoms with Crippen LogP contribution in [-0.4, -0.2) is 73.7 Å².